The summed E-state index contributed by atoms with van der Waals surface area (Å²) in [6.07, 6.45) is 0.700. The molecule has 1 amide bonds. The Kier molecular flexibility index (Phi) is 5.71. The number of H-pyrrole nitrogens is 1. The van der Waals surface area contributed by atoms with Crippen molar-refractivity contribution < 1.29 is 9.18 Å². The van der Waals surface area contributed by atoms with Gasteiger partial charge in [0.15, 0.2) is 0 Å². The molecule has 0 aliphatic heterocycles. The highest BCUT2D eigenvalue weighted by atomic mass is 19.1. The van der Waals surface area contributed by atoms with E-state index in [0.717, 1.165) is 11.1 Å². The third-order valence-electron chi connectivity index (χ3n) is 4.27. The van der Waals surface area contributed by atoms with Gasteiger partial charge in [-0.1, -0.05) is 12.1 Å². The van der Waals surface area contributed by atoms with Crippen LogP contribution in [0, 0.1) is 31.0 Å². The lowest BCUT2D eigenvalue weighted by atomic mass is 9.99. The van der Waals surface area contributed by atoms with E-state index in [1.165, 1.54) is 12.1 Å². The van der Waals surface area contributed by atoms with Crippen LogP contribution in [0.1, 0.15) is 34.4 Å². The van der Waals surface area contributed by atoms with Gasteiger partial charge < -0.3 is 9.88 Å². The van der Waals surface area contributed by atoms with Crippen molar-refractivity contribution in [3.63, 3.8) is 0 Å². The molecule has 1 N–H and O–H groups in total. The summed E-state index contributed by atoms with van der Waals surface area (Å²) in [5, 5.41) is 9.09. The summed E-state index contributed by atoms with van der Waals surface area (Å²) in [7, 11) is 1.69. The highest BCUT2D eigenvalue weighted by Gasteiger charge is 2.15. The second-order valence-corrected chi connectivity index (χ2v) is 6.05. The first-order valence-electron chi connectivity index (χ1n) is 7.94. The van der Waals surface area contributed by atoms with Gasteiger partial charge in [0.1, 0.15) is 17.4 Å². The number of halogens is 1. The number of benzene rings is 1. The number of pyridine rings is 1. The van der Waals surface area contributed by atoms with Crippen LogP contribution in [0.25, 0.3) is 0 Å². The van der Waals surface area contributed by atoms with Crippen molar-refractivity contribution in [1.29, 1.82) is 5.26 Å². The van der Waals surface area contributed by atoms with Gasteiger partial charge in [0.25, 0.3) is 5.56 Å². The Labute approximate surface area is 145 Å². The van der Waals surface area contributed by atoms with E-state index in [-0.39, 0.29) is 23.7 Å². The van der Waals surface area contributed by atoms with Gasteiger partial charge in [0, 0.05) is 25.7 Å². The molecule has 2 rings (SSSR count). The molecule has 0 saturated carbocycles. The van der Waals surface area contributed by atoms with Crippen molar-refractivity contribution in [2.24, 2.45) is 0 Å². The number of amides is 1. The Hall–Kier alpha value is -2.94. The molecule has 5 nitrogen and oxygen atoms in total. The largest absolute Gasteiger partial charge is 0.341 e. The first-order valence-corrected chi connectivity index (χ1v) is 7.94. The summed E-state index contributed by atoms with van der Waals surface area (Å²) in [6, 6.07) is 7.93. The molecule has 0 unspecified atom stereocenters. The third kappa shape index (κ3) is 4.32. The molecule has 130 valence electrons. The number of aryl methyl sites for hydroxylation is 1. The predicted octanol–water partition coefficient (Wildman–Crippen LogP) is 2.59. The number of hydrogen-bond acceptors (Lipinski definition) is 3. The molecule has 6 heteroatoms. The molecule has 0 atom stereocenters. The Morgan fingerprint density at radius 1 is 1.28 bits per heavy atom. The van der Waals surface area contributed by atoms with Crippen LogP contribution in [0.4, 0.5) is 4.39 Å². The molecular formula is C19H20FN3O2. The van der Waals surface area contributed by atoms with Crippen molar-refractivity contribution >= 4 is 5.91 Å². The van der Waals surface area contributed by atoms with Crippen molar-refractivity contribution in [3.05, 3.63) is 68.4 Å². The summed E-state index contributed by atoms with van der Waals surface area (Å²) in [4.78, 5) is 28.3. The highest BCUT2D eigenvalue weighted by molar-refractivity contribution is 5.76. The maximum atomic E-state index is 12.9. The molecular weight excluding hydrogens is 321 g/mol. The summed E-state index contributed by atoms with van der Waals surface area (Å²) in [5.41, 5.74) is 2.65. The molecule has 2 aromatic rings. The highest BCUT2D eigenvalue weighted by Crippen LogP contribution is 2.16. The van der Waals surface area contributed by atoms with Gasteiger partial charge in [-0.3, -0.25) is 9.59 Å². The van der Waals surface area contributed by atoms with Crippen LogP contribution in [0.15, 0.2) is 29.1 Å². The first kappa shape index (κ1) is 18.4. The minimum absolute atomic E-state index is 0.0622. The topological polar surface area (TPSA) is 77.0 Å². The lowest BCUT2D eigenvalue weighted by Crippen LogP contribution is -2.27. The minimum atomic E-state index is -0.402. The molecule has 0 aliphatic carbocycles. The summed E-state index contributed by atoms with van der Waals surface area (Å²) >= 11 is 0. The van der Waals surface area contributed by atoms with Crippen molar-refractivity contribution in [2.75, 3.05) is 7.05 Å². The number of carbonyl (C=O) groups is 1. The molecule has 0 radical (unpaired) electrons. The number of carbonyl (C=O) groups excluding carboxylic acids is 1. The zero-order valence-corrected chi connectivity index (χ0v) is 14.5. The molecule has 0 bridgehead atoms. The van der Waals surface area contributed by atoms with E-state index in [9.17, 15) is 14.0 Å². The fraction of sp³-hybridized carbons (Fsp3) is 0.316. The van der Waals surface area contributed by atoms with Gasteiger partial charge in [-0.15, -0.1) is 0 Å². The lowest BCUT2D eigenvalue weighted by Gasteiger charge is -2.18. The number of rotatable bonds is 5. The molecule has 0 fully saturated rings. The Morgan fingerprint density at radius 3 is 2.52 bits per heavy atom. The van der Waals surface area contributed by atoms with Gasteiger partial charge in [-0.05, 0) is 49.1 Å². The van der Waals surface area contributed by atoms with Gasteiger partial charge in [-0.2, -0.15) is 5.26 Å². The van der Waals surface area contributed by atoms with Crippen LogP contribution in [0.2, 0.25) is 0 Å². The Balaban J connectivity index is 2.06. The zero-order chi connectivity index (χ0) is 18.6. The van der Waals surface area contributed by atoms with Crippen LogP contribution in [-0.2, 0) is 17.8 Å². The second kappa shape index (κ2) is 7.75. The third-order valence-corrected chi connectivity index (χ3v) is 4.27. The van der Waals surface area contributed by atoms with Crippen LogP contribution >= 0.6 is 0 Å². The number of aromatic amines is 1. The molecule has 1 heterocycles. The summed E-state index contributed by atoms with van der Waals surface area (Å²) in [6.45, 7) is 3.88. The maximum Gasteiger partial charge on any atom is 0.266 e. The quantitative estimate of drug-likeness (QED) is 0.908. The zero-order valence-electron chi connectivity index (χ0n) is 14.5. The van der Waals surface area contributed by atoms with Crippen molar-refractivity contribution in [1.82, 2.24) is 9.88 Å². The van der Waals surface area contributed by atoms with Crippen LogP contribution in [0.3, 0.4) is 0 Å². The van der Waals surface area contributed by atoms with Crippen LogP contribution in [-0.4, -0.2) is 22.8 Å². The van der Waals surface area contributed by atoms with Crippen molar-refractivity contribution in [2.45, 2.75) is 33.2 Å². The van der Waals surface area contributed by atoms with E-state index < -0.39 is 5.56 Å². The van der Waals surface area contributed by atoms with Gasteiger partial charge >= 0.3 is 0 Å². The monoisotopic (exact) mass is 341 g/mol. The number of nitrogens with one attached hydrogen (secondary N) is 1. The number of hydrogen-bond donors (Lipinski definition) is 1. The van der Waals surface area contributed by atoms with Crippen LogP contribution < -0.4 is 5.56 Å². The van der Waals surface area contributed by atoms with E-state index in [0.29, 0.717) is 24.2 Å². The Morgan fingerprint density at radius 2 is 1.92 bits per heavy atom. The average Bonchev–Trinajstić information content (AvgIpc) is 2.56. The number of nitriles is 1. The fourth-order valence-electron chi connectivity index (χ4n) is 2.79. The van der Waals surface area contributed by atoms with Gasteiger partial charge in [0.05, 0.1) is 0 Å². The summed E-state index contributed by atoms with van der Waals surface area (Å²) < 4.78 is 12.9. The van der Waals surface area contributed by atoms with E-state index in [1.54, 1.807) is 37.9 Å². The molecule has 0 spiro atoms. The SMILES string of the molecule is Cc1[nH]c(=O)c(C#N)c(C)c1CCC(=O)N(C)Cc1ccc(F)cc1. The molecule has 0 aliphatic rings. The van der Waals surface area contributed by atoms with Crippen molar-refractivity contribution in [3.8, 4) is 6.07 Å². The fourth-order valence-corrected chi connectivity index (χ4v) is 2.79. The van der Waals surface area contributed by atoms with E-state index in [4.69, 9.17) is 5.26 Å². The summed E-state index contributed by atoms with van der Waals surface area (Å²) in [5.74, 6) is -0.372. The van der Waals surface area contributed by atoms with Crippen LogP contribution in [0.5, 0.6) is 0 Å². The van der Waals surface area contributed by atoms with E-state index in [2.05, 4.69) is 4.98 Å². The van der Waals surface area contributed by atoms with Gasteiger partial charge in [-0.25, -0.2) is 4.39 Å². The van der Waals surface area contributed by atoms with E-state index in [1.807, 2.05) is 6.07 Å². The van der Waals surface area contributed by atoms with Gasteiger partial charge in [0.2, 0.25) is 5.91 Å². The maximum absolute atomic E-state index is 12.9. The standard InChI is InChI=1S/C19H20FN3O2/c1-12-16(13(2)22-19(25)17(12)10-21)8-9-18(24)23(3)11-14-4-6-15(20)7-5-14/h4-7H,8-9,11H2,1-3H3,(H,22,25). The lowest BCUT2D eigenvalue weighted by molar-refractivity contribution is -0.130. The average molecular weight is 341 g/mol. The normalized spacial score (nSPS) is 10.4. The molecule has 0 saturated heterocycles. The molecule has 1 aromatic carbocycles. The second-order valence-electron chi connectivity index (χ2n) is 6.05. The smallest absolute Gasteiger partial charge is 0.266 e. The molecule has 1 aromatic heterocycles. The predicted molar refractivity (Wildman–Crippen MR) is 92.4 cm³/mol. The molecule has 25 heavy (non-hydrogen) atoms. The van der Waals surface area contributed by atoms with E-state index >= 15 is 0 Å². The number of aromatic nitrogens is 1. The first-order chi connectivity index (χ1) is 11.8. The minimum Gasteiger partial charge on any atom is -0.341 e. The number of nitrogens with zero attached hydrogens (tertiary/aromatic N) is 2. The Bertz CT molecular complexity index is 879.